The summed E-state index contributed by atoms with van der Waals surface area (Å²) in [6, 6.07) is 7.81. The number of hydrogen-bond acceptors (Lipinski definition) is 4. The van der Waals surface area contributed by atoms with Crippen molar-refractivity contribution < 1.29 is 9.13 Å². The van der Waals surface area contributed by atoms with Crippen molar-refractivity contribution in [1.82, 2.24) is 4.57 Å². The van der Waals surface area contributed by atoms with E-state index < -0.39 is 0 Å². The van der Waals surface area contributed by atoms with Gasteiger partial charge in [-0.2, -0.15) is 0 Å². The van der Waals surface area contributed by atoms with Crippen LogP contribution in [0.5, 0.6) is 5.75 Å². The van der Waals surface area contributed by atoms with E-state index in [-0.39, 0.29) is 29.4 Å². The zero-order valence-electron chi connectivity index (χ0n) is 14.4. The summed E-state index contributed by atoms with van der Waals surface area (Å²) in [5.74, 6) is 0.623. The molecule has 2 atom stereocenters. The maximum absolute atomic E-state index is 13.5. The Morgan fingerprint density at radius 2 is 2.00 bits per heavy atom. The van der Waals surface area contributed by atoms with E-state index in [1.165, 1.54) is 16.7 Å². The highest BCUT2D eigenvalue weighted by Crippen LogP contribution is 2.37. The van der Waals surface area contributed by atoms with Gasteiger partial charge >= 0.3 is 0 Å². The SMILES string of the molecule is CC(C)C(=N)n1cc(OC2CCC(N)c3cc(F)ccc32)ccc1=N. The molecule has 2 unspecified atom stereocenters. The van der Waals surface area contributed by atoms with Crippen LogP contribution < -0.4 is 16.0 Å². The number of halogens is 1. The number of fused-ring (bicyclic) bond motifs is 1. The highest BCUT2D eigenvalue weighted by molar-refractivity contribution is 5.83. The summed E-state index contributed by atoms with van der Waals surface area (Å²) >= 11 is 0. The van der Waals surface area contributed by atoms with Gasteiger partial charge in [-0.1, -0.05) is 19.9 Å². The fourth-order valence-electron chi connectivity index (χ4n) is 3.12. The highest BCUT2D eigenvalue weighted by Gasteiger charge is 2.27. The molecule has 0 amide bonds. The molecule has 0 radical (unpaired) electrons. The van der Waals surface area contributed by atoms with E-state index in [0.717, 1.165) is 24.0 Å². The van der Waals surface area contributed by atoms with Crippen molar-refractivity contribution in [1.29, 1.82) is 10.8 Å². The van der Waals surface area contributed by atoms with Gasteiger partial charge in [0.15, 0.2) is 0 Å². The number of rotatable bonds is 3. The monoisotopic (exact) mass is 342 g/mol. The Bertz CT molecular complexity index is 859. The van der Waals surface area contributed by atoms with Crippen LogP contribution in [0.1, 0.15) is 50.0 Å². The van der Waals surface area contributed by atoms with Gasteiger partial charge < -0.3 is 10.5 Å². The number of pyridine rings is 1. The standard InChI is InChI=1S/C19H23FN4O/c1-11(2)19(23)24-10-13(4-8-18(24)22)25-17-7-6-16(21)15-9-12(20)3-5-14(15)17/h3-5,8-11,16-17,22-23H,6-7,21H2,1-2H3. The lowest BCUT2D eigenvalue weighted by molar-refractivity contribution is 0.175. The Hall–Kier alpha value is -2.47. The molecule has 4 N–H and O–H groups in total. The van der Waals surface area contributed by atoms with Crippen molar-refractivity contribution in [3.63, 3.8) is 0 Å². The fraction of sp³-hybridized carbons (Fsp3) is 0.368. The summed E-state index contributed by atoms with van der Waals surface area (Å²) in [4.78, 5) is 0. The number of benzene rings is 1. The number of nitrogens with two attached hydrogens (primary N) is 1. The van der Waals surface area contributed by atoms with Gasteiger partial charge in [-0.25, -0.2) is 4.39 Å². The molecule has 1 aliphatic rings. The molecule has 3 rings (SSSR count). The largest absolute Gasteiger partial charge is 0.484 e. The molecule has 0 fully saturated rings. The van der Waals surface area contributed by atoms with Crippen LogP contribution in [-0.4, -0.2) is 10.4 Å². The maximum Gasteiger partial charge on any atom is 0.137 e. The molecule has 2 aromatic rings. The van der Waals surface area contributed by atoms with Crippen LogP contribution in [-0.2, 0) is 0 Å². The number of hydrogen-bond donors (Lipinski definition) is 3. The number of ether oxygens (including phenoxy) is 1. The molecule has 0 saturated carbocycles. The van der Waals surface area contributed by atoms with E-state index in [9.17, 15) is 4.39 Å². The Balaban J connectivity index is 1.91. The molecule has 5 nitrogen and oxygen atoms in total. The Kier molecular flexibility index (Phi) is 4.72. The van der Waals surface area contributed by atoms with Crippen molar-refractivity contribution in [2.45, 2.75) is 38.8 Å². The molecule has 0 saturated heterocycles. The molecule has 1 aliphatic carbocycles. The molecule has 25 heavy (non-hydrogen) atoms. The van der Waals surface area contributed by atoms with Gasteiger partial charge in [0.2, 0.25) is 0 Å². The summed E-state index contributed by atoms with van der Waals surface area (Å²) in [5, 5.41) is 16.1. The molecule has 1 aromatic carbocycles. The summed E-state index contributed by atoms with van der Waals surface area (Å²) in [7, 11) is 0. The topological polar surface area (TPSA) is 87.9 Å². The van der Waals surface area contributed by atoms with E-state index >= 15 is 0 Å². The third kappa shape index (κ3) is 3.49. The van der Waals surface area contributed by atoms with Crippen LogP contribution in [0.4, 0.5) is 4.39 Å². The third-order valence-electron chi connectivity index (χ3n) is 4.54. The second kappa shape index (κ2) is 6.80. The smallest absolute Gasteiger partial charge is 0.137 e. The van der Waals surface area contributed by atoms with Gasteiger partial charge in [-0.15, -0.1) is 0 Å². The lowest BCUT2D eigenvalue weighted by Crippen LogP contribution is -2.29. The first-order valence-electron chi connectivity index (χ1n) is 8.44. The van der Waals surface area contributed by atoms with E-state index in [1.807, 2.05) is 13.8 Å². The Labute approximate surface area is 146 Å². The van der Waals surface area contributed by atoms with Crippen molar-refractivity contribution >= 4 is 5.84 Å². The summed E-state index contributed by atoms with van der Waals surface area (Å²) < 4.78 is 21.2. The van der Waals surface area contributed by atoms with Crippen LogP contribution in [0.25, 0.3) is 0 Å². The average Bonchev–Trinajstić information content (AvgIpc) is 2.58. The van der Waals surface area contributed by atoms with Gasteiger partial charge in [-0.05, 0) is 48.2 Å². The fourth-order valence-corrected chi connectivity index (χ4v) is 3.12. The third-order valence-corrected chi connectivity index (χ3v) is 4.54. The first-order chi connectivity index (χ1) is 11.9. The number of aromatic nitrogens is 1. The van der Waals surface area contributed by atoms with Crippen LogP contribution in [0.15, 0.2) is 36.5 Å². The molecular formula is C19H23FN4O. The molecule has 0 aliphatic heterocycles. The molecule has 1 aromatic heterocycles. The quantitative estimate of drug-likeness (QED) is 0.589. The van der Waals surface area contributed by atoms with Gasteiger partial charge in [0.1, 0.15) is 29.0 Å². The molecule has 1 heterocycles. The van der Waals surface area contributed by atoms with Crippen molar-refractivity contribution in [3.05, 3.63) is 59.0 Å². The van der Waals surface area contributed by atoms with Crippen LogP contribution >= 0.6 is 0 Å². The molecule has 0 bridgehead atoms. The summed E-state index contributed by atoms with van der Waals surface area (Å²) in [5.41, 5.74) is 8.04. The minimum Gasteiger partial charge on any atom is -0.484 e. The normalized spacial score (nSPS) is 19.6. The second-order valence-corrected chi connectivity index (χ2v) is 6.72. The first-order valence-corrected chi connectivity index (χ1v) is 8.44. The zero-order chi connectivity index (χ0) is 18.1. The zero-order valence-corrected chi connectivity index (χ0v) is 14.4. The predicted octanol–water partition coefficient (Wildman–Crippen LogP) is 3.50. The minimum absolute atomic E-state index is 0.000676. The lowest BCUT2D eigenvalue weighted by Gasteiger charge is -2.30. The molecule has 6 heteroatoms. The lowest BCUT2D eigenvalue weighted by atomic mass is 9.86. The summed E-state index contributed by atoms with van der Waals surface area (Å²) in [6.45, 7) is 3.82. The van der Waals surface area contributed by atoms with E-state index in [0.29, 0.717) is 11.6 Å². The van der Waals surface area contributed by atoms with Crippen molar-refractivity contribution in [2.75, 3.05) is 0 Å². The number of nitrogens with zero attached hydrogens (tertiary/aromatic N) is 1. The van der Waals surface area contributed by atoms with Crippen LogP contribution in [0, 0.1) is 22.6 Å². The second-order valence-electron chi connectivity index (χ2n) is 6.72. The van der Waals surface area contributed by atoms with Gasteiger partial charge in [0.25, 0.3) is 0 Å². The van der Waals surface area contributed by atoms with E-state index in [2.05, 4.69) is 0 Å². The highest BCUT2D eigenvalue weighted by atomic mass is 19.1. The van der Waals surface area contributed by atoms with E-state index in [4.69, 9.17) is 21.3 Å². The van der Waals surface area contributed by atoms with E-state index in [1.54, 1.807) is 24.4 Å². The van der Waals surface area contributed by atoms with Crippen molar-refractivity contribution in [2.24, 2.45) is 11.7 Å². The van der Waals surface area contributed by atoms with Crippen molar-refractivity contribution in [3.8, 4) is 5.75 Å². The Morgan fingerprint density at radius 1 is 1.24 bits per heavy atom. The van der Waals surface area contributed by atoms with Gasteiger partial charge in [0, 0.05) is 12.0 Å². The van der Waals surface area contributed by atoms with Crippen LogP contribution in [0.3, 0.4) is 0 Å². The average molecular weight is 342 g/mol. The van der Waals surface area contributed by atoms with Crippen LogP contribution in [0.2, 0.25) is 0 Å². The minimum atomic E-state index is -0.295. The molecule has 0 spiro atoms. The predicted molar refractivity (Wildman–Crippen MR) is 94.2 cm³/mol. The van der Waals surface area contributed by atoms with Gasteiger partial charge in [-0.3, -0.25) is 15.4 Å². The Morgan fingerprint density at radius 3 is 2.72 bits per heavy atom. The molecule has 132 valence electrons. The summed E-state index contributed by atoms with van der Waals surface area (Å²) in [6.07, 6.45) is 2.92. The molecular weight excluding hydrogens is 319 g/mol. The number of nitrogens with one attached hydrogen (secondary N) is 2. The first kappa shape index (κ1) is 17.4. The maximum atomic E-state index is 13.5. The van der Waals surface area contributed by atoms with Gasteiger partial charge in [0.05, 0.1) is 6.20 Å².